The van der Waals surface area contributed by atoms with Crippen molar-refractivity contribution in [2.24, 2.45) is 13.0 Å². The first kappa shape index (κ1) is 20.0. The van der Waals surface area contributed by atoms with Gasteiger partial charge in [0.1, 0.15) is 6.10 Å². The second-order valence-corrected chi connectivity index (χ2v) is 8.57. The average Bonchev–Trinajstić information content (AvgIpc) is 3.07. The van der Waals surface area contributed by atoms with Gasteiger partial charge in [-0.15, -0.1) is 0 Å². The molecule has 1 aromatic carbocycles. The first-order valence-corrected chi connectivity index (χ1v) is 11.3. The van der Waals surface area contributed by atoms with E-state index in [4.69, 9.17) is 9.47 Å². The molecule has 3 heterocycles. The Morgan fingerprint density at radius 3 is 2.68 bits per heavy atom. The van der Waals surface area contributed by atoms with Crippen LogP contribution in [-0.2, 0) is 11.8 Å². The van der Waals surface area contributed by atoms with E-state index in [-0.39, 0.29) is 6.10 Å². The van der Waals surface area contributed by atoms with Gasteiger partial charge in [0.25, 0.3) is 0 Å². The summed E-state index contributed by atoms with van der Waals surface area (Å²) in [4.78, 5) is 8.85. The molecule has 0 radical (unpaired) electrons. The SMILES string of the molecule is CCCCOCC1CC(Oc2ccc(-c3ccc4c5cnccc5n(C)c4c3)cn2)C1. The lowest BCUT2D eigenvalue weighted by Gasteiger charge is -2.34. The van der Waals surface area contributed by atoms with Crippen molar-refractivity contribution in [3.05, 3.63) is 55.0 Å². The van der Waals surface area contributed by atoms with Crippen LogP contribution in [0.4, 0.5) is 0 Å². The van der Waals surface area contributed by atoms with Crippen LogP contribution < -0.4 is 4.74 Å². The summed E-state index contributed by atoms with van der Waals surface area (Å²) < 4.78 is 14.0. The van der Waals surface area contributed by atoms with E-state index in [0.29, 0.717) is 11.8 Å². The first-order chi connectivity index (χ1) is 15.2. The molecule has 0 saturated heterocycles. The molecule has 1 saturated carbocycles. The molecule has 1 aliphatic carbocycles. The van der Waals surface area contributed by atoms with Crippen molar-refractivity contribution in [3.8, 4) is 17.0 Å². The standard InChI is InChI=1S/C26H29N3O2/c1-3-4-11-30-17-18-12-21(13-18)31-26-8-6-20(15-28-26)19-5-7-22-23-16-27-10-9-24(23)29(2)25(22)14-19/h5-10,14-16,18,21H,3-4,11-13,17H2,1-2H3. The summed E-state index contributed by atoms with van der Waals surface area (Å²) in [5, 5.41) is 2.41. The summed E-state index contributed by atoms with van der Waals surface area (Å²) in [6.07, 6.45) is 10.4. The molecule has 4 aromatic rings. The van der Waals surface area contributed by atoms with Crippen molar-refractivity contribution >= 4 is 21.8 Å². The highest BCUT2D eigenvalue weighted by atomic mass is 16.5. The van der Waals surface area contributed by atoms with E-state index >= 15 is 0 Å². The van der Waals surface area contributed by atoms with Crippen molar-refractivity contribution in [3.63, 3.8) is 0 Å². The Hall–Kier alpha value is -2.92. The van der Waals surface area contributed by atoms with Crippen LogP contribution in [0.2, 0.25) is 0 Å². The van der Waals surface area contributed by atoms with Gasteiger partial charge in [0.15, 0.2) is 0 Å². The number of aryl methyl sites for hydroxylation is 1. The normalized spacial score (nSPS) is 18.4. The Morgan fingerprint density at radius 2 is 1.87 bits per heavy atom. The van der Waals surface area contributed by atoms with Crippen molar-refractivity contribution < 1.29 is 9.47 Å². The molecule has 0 spiro atoms. The second kappa shape index (κ2) is 8.67. The lowest BCUT2D eigenvalue weighted by atomic mass is 9.83. The third kappa shape index (κ3) is 4.02. The van der Waals surface area contributed by atoms with Crippen molar-refractivity contribution in [1.29, 1.82) is 0 Å². The van der Waals surface area contributed by atoms with Crippen molar-refractivity contribution in [2.45, 2.75) is 38.7 Å². The maximum atomic E-state index is 6.05. The van der Waals surface area contributed by atoms with Crippen molar-refractivity contribution in [1.82, 2.24) is 14.5 Å². The van der Waals surface area contributed by atoms with Crippen LogP contribution in [0.3, 0.4) is 0 Å². The van der Waals surface area contributed by atoms with E-state index in [2.05, 4.69) is 58.8 Å². The number of aromatic nitrogens is 3. The molecular weight excluding hydrogens is 386 g/mol. The molecule has 5 rings (SSSR count). The largest absolute Gasteiger partial charge is 0.474 e. The van der Waals surface area contributed by atoms with E-state index in [0.717, 1.165) is 43.6 Å². The number of hydrogen-bond acceptors (Lipinski definition) is 4. The third-order valence-electron chi connectivity index (χ3n) is 6.35. The number of hydrogen-bond donors (Lipinski definition) is 0. The van der Waals surface area contributed by atoms with Crippen molar-refractivity contribution in [2.75, 3.05) is 13.2 Å². The predicted octanol–water partition coefficient (Wildman–Crippen LogP) is 5.76. The zero-order chi connectivity index (χ0) is 21.2. The molecule has 5 nitrogen and oxygen atoms in total. The molecule has 1 fully saturated rings. The molecule has 0 amide bonds. The van der Waals surface area contributed by atoms with Gasteiger partial charge in [-0.3, -0.25) is 4.98 Å². The molecular formula is C26H29N3O2. The smallest absolute Gasteiger partial charge is 0.213 e. The monoisotopic (exact) mass is 415 g/mol. The quantitative estimate of drug-likeness (QED) is 0.343. The summed E-state index contributed by atoms with van der Waals surface area (Å²) in [6, 6.07) is 12.7. The van der Waals surface area contributed by atoms with E-state index < -0.39 is 0 Å². The second-order valence-electron chi connectivity index (χ2n) is 8.57. The maximum Gasteiger partial charge on any atom is 0.213 e. The molecule has 0 unspecified atom stereocenters. The Kier molecular flexibility index (Phi) is 5.60. The first-order valence-electron chi connectivity index (χ1n) is 11.3. The van der Waals surface area contributed by atoms with Gasteiger partial charge in [0.2, 0.25) is 5.88 Å². The fourth-order valence-electron chi connectivity index (χ4n) is 4.43. The fourth-order valence-corrected chi connectivity index (χ4v) is 4.43. The number of rotatable bonds is 8. The molecule has 3 aromatic heterocycles. The van der Waals surface area contributed by atoms with Gasteiger partial charge in [-0.05, 0) is 48.9 Å². The lowest BCUT2D eigenvalue weighted by molar-refractivity contribution is 0.000375. The van der Waals surface area contributed by atoms with Crippen LogP contribution in [0, 0.1) is 5.92 Å². The van der Waals surface area contributed by atoms with Gasteiger partial charge < -0.3 is 14.0 Å². The highest BCUT2D eigenvalue weighted by molar-refractivity contribution is 6.08. The molecule has 31 heavy (non-hydrogen) atoms. The molecule has 5 heteroatoms. The number of unbranched alkanes of at least 4 members (excludes halogenated alkanes) is 1. The Morgan fingerprint density at radius 1 is 1.00 bits per heavy atom. The zero-order valence-corrected chi connectivity index (χ0v) is 18.3. The number of nitrogens with zero attached hydrogens (tertiary/aromatic N) is 3. The predicted molar refractivity (Wildman–Crippen MR) is 124 cm³/mol. The minimum absolute atomic E-state index is 0.263. The van der Waals surface area contributed by atoms with E-state index in [1.54, 1.807) is 0 Å². The highest BCUT2D eigenvalue weighted by Crippen LogP contribution is 2.33. The van der Waals surface area contributed by atoms with Gasteiger partial charge in [0, 0.05) is 66.8 Å². The van der Waals surface area contributed by atoms with Gasteiger partial charge in [-0.2, -0.15) is 0 Å². The summed E-state index contributed by atoms with van der Waals surface area (Å²) in [7, 11) is 2.10. The van der Waals surface area contributed by atoms with E-state index in [9.17, 15) is 0 Å². The van der Waals surface area contributed by atoms with Gasteiger partial charge in [0.05, 0.1) is 5.52 Å². The molecule has 0 N–H and O–H groups in total. The van der Waals surface area contributed by atoms with E-state index in [1.807, 2.05) is 24.7 Å². The summed E-state index contributed by atoms with van der Waals surface area (Å²) in [5.41, 5.74) is 4.63. The minimum Gasteiger partial charge on any atom is -0.474 e. The topological polar surface area (TPSA) is 49.2 Å². The Bertz CT molecular complexity index is 1180. The highest BCUT2D eigenvalue weighted by Gasteiger charge is 2.31. The molecule has 1 aliphatic rings. The van der Waals surface area contributed by atoms with Crippen LogP contribution in [0.1, 0.15) is 32.6 Å². The Labute approximate surface area is 183 Å². The average molecular weight is 416 g/mol. The summed E-state index contributed by atoms with van der Waals surface area (Å²) in [6.45, 7) is 3.93. The van der Waals surface area contributed by atoms with Crippen LogP contribution in [0.15, 0.2) is 55.0 Å². The number of fused-ring (bicyclic) bond motifs is 3. The lowest BCUT2D eigenvalue weighted by Crippen LogP contribution is -2.36. The fraction of sp³-hybridized carbons (Fsp3) is 0.385. The van der Waals surface area contributed by atoms with Crippen LogP contribution >= 0.6 is 0 Å². The minimum atomic E-state index is 0.263. The van der Waals surface area contributed by atoms with E-state index in [1.165, 1.54) is 28.2 Å². The maximum absolute atomic E-state index is 6.05. The van der Waals surface area contributed by atoms with Crippen LogP contribution in [-0.4, -0.2) is 33.9 Å². The Balaban J connectivity index is 1.24. The third-order valence-corrected chi connectivity index (χ3v) is 6.35. The zero-order valence-electron chi connectivity index (χ0n) is 18.3. The van der Waals surface area contributed by atoms with Gasteiger partial charge in [-0.25, -0.2) is 4.98 Å². The van der Waals surface area contributed by atoms with Gasteiger partial charge in [-0.1, -0.05) is 25.5 Å². The molecule has 0 aliphatic heterocycles. The van der Waals surface area contributed by atoms with Crippen LogP contribution in [0.5, 0.6) is 5.88 Å². The van der Waals surface area contributed by atoms with Gasteiger partial charge >= 0.3 is 0 Å². The summed E-state index contributed by atoms with van der Waals surface area (Å²) in [5.74, 6) is 1.33. The summed E-state index contributed by atoms with van der Waals surface area (Å²) >= 11 is 0. The number of benzene rings is 1. The molecule has 160 valence electrons. The number of pyridine rings is 2. The van der Waals surface area contributed by atoms with Crippen LogP contribution in [0.25, 0.3) is 32.9 Å². The molecule has 0 bridgehead atoms. The molecule has 0 atom stereocenters. The number of ether oxygens (including phenoxy) is 2.